The molecule has 2 N–H and O–H groups in total. The van der Waals surface area contributed by atoms with Crippen molar-refractivity contribution in [1.29, 1.82) is 0 Å². The van der Waals surface area contributed by atoms with E-state index < -0.39 is 0 Å². The molecule has 0 aromatic carbocycles. The number of aliphatic hydroxyl groups is 2. The lowest BCUT2D eigenvalue weighted by Crippen LogP contribution is -2.59. The van der Waals surface area contributed by atoms with Gasteiger partial charge in [0, 0.05) is 12.8 Å². The second-order valence-corrected chi connectivity index (χ2v) is 9.20. The van der Waals surface area contributed by atoms with Crippen LogP contribution in [0.5, 0.6) is 0 Å². The van der Waals surface area contributed by atoms with Gasteiger partial charge < -0.3 is 10.2 Å². The Bertz CT molecular complexity index is 489. The van der Waals surface area contributed by atoms with E-state index >= 15 is 0 Å². The van der Waals surface area contributed by atoms with Gasteiger partial charge in [-0.3, -0.25) is 4.79 Å². The summed E-state index contributed by atoms with van der Waals surface area (Å²) in [5.41, 5.74) is -0.116. The third-order valence-electron chi connectivity index (χ3n) is 8.29. The second kappa shape index (κ2) is 4.80. The van der Waals surface area contributed by atoms with Crippen molar-refractivity contribution in [2.24, 2.45) is 34.5 Å². The maximum Gasteiger partial charge on any atom is 0.133 e. The highest BCUT2D eigenvalue weighted by Gasteiger charge is 2.63. The van der Waals surface area contributed by atoms with E-state index in [1.165, 1.54) is 12.8 Å². The van der Waals surface area contributed by atoms with Crippen LogP contribution in [0.25, 0.3) is 0 Å². The topological polar surface area (TPSA) is 57.5 Å². The van der Waals surface area contributed by atoms with Crippen LogP contribution >= 0.6 is 0 Å². The van der Waals surface area contributed by atoms with Gasteiger partial charge >= 0.3 is 0 Å². The molecule has 4 saturated carbocycles. The minimum Gasteiger partial charge on any atom is -0.393 e. The molecule has 22 heavy (non-hydrogen) atoms. The molecule has 0 spiro atoms. The fourth-order valence-electron chi connectivity index (χ4n) is 7.24. The van der Waals surface area contributed by atoms with Gasteiger partial charge in [-0.1, -0.05) is 13.8 Å². The van der Waals surface area contributed by atoms with Crippen LogP contribution in [0.4, 0.5) is 0 Å². The molecule has 0 bridgehead atoms. The Labute approximate surface area is 133 Å². The molecule has 4 rings (SSSR count). The predicted octanol–water partition coefficient (Wildman–Crippen LogP) is 2.93. The molecule has 0 aromatic heterocycles. The summed E-state index contributed by atoms with van der Waals surface area (Å²) in [6.07, 6.45) is 6.92. The molecule has 0 saturated heterocycles. The first-order valence-corrected chi connectivity index (χ1v) is 9.24. The van der Waals surface area contributed by atoms with Gasteiger partial charge in [-0.2, -0.15) is 0 Å². The largest absolute Gasteiger partial charge is 0.393 e. The minimum absolute atomic E-state index is 0.00740. The summed E-state index contributed by atoms with van der Waals surface area (Å²) in [5, 5.41) is 21.5. The molecule has 3 heteroatoms. The Morgan fingerprint density at radius 3 is 2.55 bits per heavy atom. The quantitative estimate of drug-likeness (QED) is 0.723. The van der Waals surface area contributed by atoms with Crippen molar-refractivity contribution in [3.8, 4) is 0 Å². The van der Waals surface area contributed by atoms with E-state index in [1.54, 1.807) is 0 Å². The standard InChI is InChI=1S/C19H30O3/c1-18-9-12(20)5-3-11(18)4-6-13-14-7-8-16(22)19(14,2)10-15(21)17(13)18/h11,13-17,21-22H,3-10H2,1-2H3/t11-,13-,14-,15-,16-,17+,18-,19-/m0/s1. The Morgan fingerprint density at radius 2 is 1.77 bits per heavy atom. The normalized spacial score (nSPS) is 57.9. The van der Waals surface area contributed by atoms with Gasteiger partial charge in [0.05, 0.1) is 12.2 Å². The predicted molar refractivity (Wildman–Crippen MR) is 84.1 cm³/mol. The van der Waals surface area contributed by atoms with E-state index in [9.17, 15) is 15.0 Å². The summed E-state index contributed by atoms with van der Waals surface area (Å²) in [4.78, 5) is 12.1. The average Bonchev–Trinajstić information content (AvgIpc) is 2.73. The summed E-state index contributed by atoms with van der Waals surface area (Å²) in [5.74, 6) is 2.30. The second-order valence-electron chi connectivity index (χ2n) is 9.20. The van der Waals surface area contributed by atoms with Crippen molar-refractivity contribution in [2.45, 2.75) is 77.4 Å². The van der Waals surface area contributed by atoms with Gasteiger partial charge in [0.15, 0.2) is 0 Å². The number of rotatable bonds is 0. The van der Waals surface area contributed by atoms with E-state index in [0.717, 1.165) is 32.1 Å². The lowest BCUT2D eigenvalue weighted by atomic mass is 9.44. The van der Waals surface area contributed by atoms with Crippen molar-refractivity contribution < 1.29 is 15.0 Å². The zero-order chi connectivity index (χ0) is 15.7. The maximum absolute atomic E-state index is 12.1. The van der Waals surface area contributed by atoms with Crippen LogP contribution in [0.15, 0.2) is 0 Å². The van der Waals surface area contributed by atoms with Crippen molar-refractivity contribution in [2.75, 3.05) is 0 Å². The van der Waals surface area contributed by atoms with Crippen LogP contribution in [0.3, 0.4) is 0 Å². The Hall–Kier alpha value is -0.410. The molecule has 3 nitrogen and oxygen atoms in total. The fraction of sp³-hybridized carbons (Fsp3) is 0.947. The van der Waals surface area contributed by atoms with Gasteiger partial charge in [-0.05, 0) is 73.0 Å². The van der Waals surface area contributed by atoms with E-state index in [1.807, 2.05) is 0 Å². The molecule has 0 amide bonds. The van der Waals surface area contributed by atoms with Crippen LogP contribution in [0.1, 0.15) is 65.2 Å². The van der Waals surface area contributed by atoms with Crippen LogP contribution in [0.2, 0.25) is 0 Å². The molecular weight excluding hydrogens is 276 g/mol. The Morgan fingerprint density at radius 1 is 1.00 bits per heavy atom. The molecule has 4 fully saturated rings. The third-order valence-corrected chi connectivity index (χ3v) is 8.29. The lowest BCUT2D eigenvalue weighted by molar-refractivity contribution is -0.178. The first-order chi connectivity index (χ1) is 10.4. The molecule has 8 atom stereocenters. The number of carbonyl (C=O) groups is 1. The van der Waals surface area contributed by atoms with Gasteiger partial charge in [0.25, 0.3) is 0 Å². The zero-order valence-electron chi connectivity index (χ0n) is 13.9. The van der Waals surface area contributed by atoms with Crippen LogP contribution in [0, 0.1) is 34.5 Å². The van der Waals surface area contributed by atoms with E-state index in [2.05, 4.69) is 13.8 Å². The van der Waals surface area contributed by atoms with E-state index in [-0.39, 0.29) is 29.0 Å². The summed E-state index contributed by atoms with van der Waals surface area (Å²) >= 11 is 0. The molecule has 0 unspecified atom stereocenters. The van der Waals surface area contributed by atoms with Gasteiger partial charge in [0.2, 0.25) is 0 Å². The Kier molecular flexibility index (Phi) is 3.30. The van der Waals surface area contributed by atoms with Crippen molar-refractivity contribution >= 4 is 5.78 Å². The number of hydrogen-bond acceptors (Lipinski definition) is 3. The summed E-state index contributed by atoms with van der Waals surface area (Å²) < 4.78 is 0. The summed E-state index contributed by atoms with van der Waals surface area (Å²) in [6, 6.07) is 0. The number of aliphatic hydroxyl groups excluding tert-OH is 2. The first-order valence-electron chi connectivity index (χ1n) is 9.24. The van der Waals surface area contributed by atoms with Crippen LogP contribution in [-0.4, -0.2) is 28.2 Å². The number of carbonyl (C=O) groups excluding carboxylic acids is 1. The zero-order valence-corrected chi connectivity index (χ0v) is 13.9. The van der Waals surface area contributed by atoms with Crippen molar-refractivity contribution in [3.63, 3.8) is 0 Å². The molecule has 0 aromatic rings. The number of ketones is 1. The van der Waals surface area contributed by atoms with Gasteiger partial charge in [-0.15, -0.1) is 0 Å². The fourth-order valence-corrected chi connectivity index (χ4v) is 7.24. The Balaban J connectivity index is 1.71. The highest BCUT2D eigenvalue weighted by atomic mass is 16.3. The first kappa shape index (κ1) is 15.1. The van der Waals surface area contributed by atoms with Crippen LogP contribution < -0.4 is 0 Å². The smallest absolute Gasteiger partial charge is 0.133 e. The molecule has 0 radical (unpaired) electrons. The SMILES string of the molecule is C[C@]12CC(=O)CC[C@H]1CC[C@@H]1[C@@H]2[C@@H](O)C[C@]2(C)[C@@H](O)CC[C@@H]12. The van der Waals surface area contributed by atoms with Gasteiger partial charge in [-0.25, -0.2) is 0 Å². The maximum atomic E-state index is 12.1. The summed E-state index contributed by atoms with van der Waals surface area (Å²) in [6.45, 7) is 4.47. The van der Waals surface area contributed by atoms with E-state index in [4.69, 9.17) is 0 Å². The monoisotopic (exact) mass is 306 g/mol. The average molecular weight is 306 g/mol. The molecule has 4 aliphatic carbocycles. The molecule has 124 valence electrons. The highest BCUT2D eigenvalue weighted by Crippen LogP contribution is 2.65. The van der Waals surface area contributed by atoms with Crippen LogP contribution in [-0.2, 0) is 4.79 Å². The van der Waals surface area contributed by atoms with E-state index in [0.29, 0.717) is 30.0 Å². The number of fused-ring (bicyclic) bond motifs is 5. The molecular formula is C19H30O3. The van der Waals surface area contributed by atoms with Gasteiger partial charge in [0.1, 0.15) is 5.78 Å². The molecule has 4 aliphatic rings. The lowest BCUT2D eigenvalue weighted by Gasteiger charge is -2.61. The van der Waals surface area contributed by atoms with Crippen molar-refractivity contribution in [3.05, 3.63) is 0 Å². The highest BCUT2D eigenvalue weighted by molar-refractivity contribution is 5.80. The third kappa shape index (κ3) is 1.84. The molecule has 0 aliphatic heterocycles. The number of Topliss-reactive ketones (excluding diaryl/α,β-unsaturated/α-hetero) is 1. The number of hydrogen-bond donors (Lipinski definition) is 2. The molecule has 0 heterocycles. The minimum atomic E-state index is -0.349. The van der Waals surface area contributed by atoms with Crippen molar-refractivity contribution in [1.82, 2.24) is 0 Å². The summed E-state index contributed by atoms with van der Waals surface area (Å²) in [7, 11) is 0.